The molecule has 1 saturated heterocycles. The van der Waals surface area contributed by atoms with Gasteiger partial charge in [-0.1, -0.05) is 184 Å². The Morgan fingerprint density at radius 1 is 0.397 bits per heavy atom. The number of carbonyl (C=O) groups is 8. The predicted molar refractivity (Wildman–Crippen MR) is 461 cm³/mol. The van der Waals surface area contributed by atoms with Crippen LogP contribution in [0.3, 0.4) is 0 Å². The van der Waals surface area contributed by atoms with E-state index in [4.69, 9.17) is 16.3 Å². The molecule has 590 valence electrons. The number of pyridine rings is 1. The van der Waals surface area contributed by atoms with Crippen LogP contribution in [-0.2, 0) is 68.9 Å². The number of hydrogen-bond donors (Lipinski definition) is 0. The minimum Gasteiger partial charge on any atom is -0.378 e. The highest BCUT2D eigenvalue weighted by molar-refractivity contribution is 6.30. The predicted octanol–water partition coefficient (Wildman–Crippen LogP) is 21.0. The Kier molecular flexibility index (Phi) is 27.6. The van der Waals surface area contributed by atoms with E-state index in [0.29, 0.717) is 74.8 Å². The summed E-state index contributed by atoms with van der Waals surface area (Å²) in [6, 6.07) is 75.8. The van der Waals surface area contributed by atoms with Crippen molar-refractivity contribution in [1.82, 2.24) is 4.98 Å². The smallest absolute Gasteiger partial charge is 0.226 e. The average Bonchev–Trinajstić information content (AvgIpc) is 1.63. The summed E-state index contributed by atoms with van der Waals surface area (Å²) in [5.74, 6) is 0.810. The van der Waals surface area contributed by atoms with Crippen molar-refractivity contribution < 1.29 is 47.5 Å². The van der Waals surface area contributed by atoms with Crippen molar-refractivity contribution in [3.63, 3.8) is 0 Å². The molecule has 6 heterocycles. The number of aryl methyl sites for hydroxylation is 3. The summed E-state index contributed by atoms with van der Waals surface area (Å²) in [6.07, 6.45) is 13.8. The van der Waals surface area contributed by atoms with E-state index in [-0.39, 0.29) is 58.7 Å². The molecule has 10 aromatic carbocycles. The molecule has 0 radical (unpaired) electrons. The van der Waals surface area contributed by atoms with Gasteiger partial charge < -0.3 is 24.3 Å². The molecule has 0 aliphatic carbocycles. The van der Waals surface area contributed by atoms with E-state index >= 15 is 0 Å². The average molecular weight is 1570 g/mol. The molecule has 1 atom stereocenters. The number of halogens is 2. The standard InChI is InChI=1S/C26H24ClNO2.C26H24FNO2.C24H22N2O2.C24H27NO3/c1-2-26(30)28-16-15-22-17-21(10-13-24(22)28)19-6-8-20(9-7-19)25(29)14-5-18-3-11-23(27)12-4-18;1-2-26(30)28-15-14-22-17-21(11-12-24(22)28)19-7-9-20(10-8-19)25(29)13-6-18-4-3-5-23(27)16-18;1-17(27)26-15-13-21-16-20(9-11-23(21)26)18-5-7-19(8-6-18)24(28)12-10-22-4-2-3-14-25-22;1-2-24(27)25-14-13-20-16-19(9-11-22(20)25)17-5-7-18(8-6-17)23(26)12-10-21-4-3-15-28-21/h3-4,6-13,17H,2,5,14-16H2,1H3;3-5,7-12,16-17H,2,6,13-15H2,1H3;2-9,11,14,16H,10,12-13,15H2,1H3;5-9,11,16,21H,2-4,10,12-15H2,1H3. The van der Waals surface area contributed by atoms with Gasteiger partial charge in [0.15, 0.2) is 23.1 Å². The molecule has 5 aliphatic heterocycles. The van der Waals surface area contributed by atoms with Crippen molar-refractivity contribution in [2.45, 2.75) is 143 Å². The lowest BCUT2D eigenvalue weighted by atomic mass is 9.98. The first-order valence-corrected chi connectivity index (χ1v) is 41.0. The highest BCUT2D eigenvalue weighted by Gasteiger charge is 2.28. The van der Waals surface area contributed by atoms with Crippen molar-refractivity contribution in [1.29, 1.82) is 0 Å². The lowest BCUT2D eigenvalue weighted by Crippen LogP contribution is -2.27. The Bertz CT molecular complexity index is 5380. The van der Waals surface area contributed by atoms with Gasteiger partial charge in [-0.3, -0.25) is 43.3 Å². The minimum atomic E-state index is -0.277. The Morgan fingerprint density at radius 2 is 0.767 bits per heavy atom. The molecular weight excluding hydrogens is 1470 g/mol. The third-order valence-corrected chi connectivity index (χ3v) is 22.6. The molecular formula is C100H97ClFN5O9. The fourth-order valence-electron chi connectivity index (χ4n) is 15.8. The van der Waals surface area contributed by atoms with Crippen LogP contribution in [0.5, 0.6) is 0 Å². The molecule has 1 aromatic heterocycles. The number of benzene rings is 10. The molecule has 0 saturated carbocycles. The van der Waals surface area contributed by atoms with E-state index in [2.05, 4.69) is 41.4 Å². The maximum Gasteiger partial charge on any atom is 0.226 e. The second kappa shape index (κ2) is 38.9. The highest BCUT2D eigenvalue weighted by Crippen LogP contribution is 2.38. The van der Waals surface area contributed by atoms with Crippen LogP contribution in [0.2, 0.25) is 5.02 Å². The van der Waals surface area contributed by atoms with Gasteiger partial charge in [0.05, 0.1) is 6.10 Å². The third kappa shape index (κ3) is 20.6. The molecule has 16 heteroatoms. The summed E-state index contributed by atoms with van der Waals surface area (Å²) in [7, 11) is 0. The van der Waals surface area contributed by atoms with Gasteiger partial charge in [-0.2, -0.15) is 0 Å². The summed E-state index contributed by atoms with van der Waals surface area (Å²) in [6.45, 7) is 11.1. The van der Waals surface area contributed by atoms with Crippen LogP contribution in [0.15, 0.2) is 243 Å². The molecule has 11 aromatic rings. The molecule has 14 nitrogen and oxygen atoms in total. The van der Waals surface area contributed by atoms with Gasteiger partial charge in [0.25, 0.3) is 0 Å². The van der Waals surface area contributed by atoms with Gasteiger partial charge in [0.1, 0.15) is 5.82 Å². The summed E-state index contributed by atoms with van der Waals surface area (Å²) >= 11 is 5.91. The highest BCUT2D eigenvalue weighted by atomic mass is 35.5. The van der Waals surface area contributed by atoms with Crippen molar-refractivity contribution in [3.8, 4) is 44.5 Å². The molecule has 0 spiro atoms. The second-order valence-electron chi connectivity index (χ2n) is 30.0. The molecule has 116 heavy (non-hydrogen) atoms. The van der Waals surface area contributed by atoms with E-state index in [1.165, 1.54) is 34.4 Å². The van der Waals surface area contributed by atoms with Gasteiger partial charge in [0.2, 0.25) is 23.6 Å². The number of ether oxygens (including phenoxy) is 1. The molecule has 16 rings (SSSR count). The first-order valence-electron chi connectivity index (χ1n) is 40.6. The van der Waals surface area contributed by atoms with Crippen LogP contribution >= 0.6 is 11.6 Å². The van der Waals surface area contributed by atoms with Gasteiger partial charge in [-0.25, -0.2) is 4.39 Å². The van der Waals surface area contributed by atoms with Crippen LogP contribution in [0.4, 0.5) is 27.1 Å². The first-order chi connectivity index (χ1) is 56.4. The Morgan fingerprint density at radius 3 is 1.13 bits per heavy atom. The van der Waals surface area contributed by atoms with E-state index in [1.807, 2.05) is 222 Å². The molecule has 1 fully saturated rings. The van der Waals surface area contributed by atoms with Crippen LogP contribution in [0.25, 0.3) is 44.5 Å². The number of hydrogen-bond acceptors (Lipinski definition) is 10. The summed E-state index contributed by atoms with van der Waals surface area (Å²) in [4.78, 5) is 110. The van der Waals surface area contributed by atoms with Crippen LogP contribution < -0.4 is 19.6 Å². The molecule has 0 bridgehead atoms. The fourth-order valence-corrected chi connectivity index (χ4v) is 15.9. The quantitative estimate of drug-likeness (QED) is 0.0561. The molecule has 0 N–H and O–H groups in total. The van der Waals surface area contributed by atoms with Crippen molar-refractivity contribution in [2.75, 3.05) is 52.4 Å². The van der Waals surface area contributed by atoms with E-state index in [0.717, 1.165) is 179 Å². The van der Waals surface area contributed by atoms with Crippen LogP contribution in [0, 0.1) is 5.82 Å². The van der Waals surface area contributed by atoms with Crippen molar-refractivity contribution in [3.05, 3.63) is 315 Å². The number of aromatic nitrogens is 1. The Balaban J connectivity index is 0.000000135. The number of nitrogens with zero attached hydrogens (tertiary/aromatic N) is 5. The first kappa shape index (κ1) is 82.1. The number of amides is 4. The molecule has 5 aliphatic rings. The van der Waals surface area contributed by atoms with Gasteiger partial charge in [-0.15, -0.1) is 0 Å². The molecule has 4 amide bonds. The Labute approximate surface area is 684 Å². The lowest BCUT2D eigenvalue weighted by Gasteiger charge is -2.16. The number of fused-ring (bicyclic) bond motifs is 4. The maximum atomic E-state index is 13.3. The maximum absolute atomic E-state index is 13.3. The largest absolute Gasteiger partial charge is 0.378 e. The van der Waals surface area contributed by atoms with E-state index < -0.39 is 0 Å². The van der Waals surface area contributed by atoms with Gasteiger partial charge >= 0.3 is 0 Å². The van der Waals surface area contributed by atoms with E-state index in [1.54, 1.807) is 19.2 Å². The third-order valence-electron chi connectivity index (χ3n) is 22.4. The zero-order valence-corrected chi connectivity index (χ0v) is 67.1. The minimum absolute atomic E-state index is 0.0495. The molecule has 1 unspecified atom stereocenters. The van der Waals surface area contributed by atoms with Crippen LogP contribution in [0.1, 0.15) is 172 Å². The summed E-state index contributed by atoms with van der Waals surface area (Å²) < 4.78 is 18.9. The fraction of sp³-hybridized carbons (Fsp3) is 0.270. The SMILES string of the molecule is CC(=O)N1CCc2cc(-c3ccc(C(=O)CCc4ccccn4)cc3)ccc21.CCC(=O)N1CCc2cc(-c3ccc(C(=O)CCC4CCCO4)cc3)ccc21.CCC(=O)N1CCc2cc(-c3ccc(C(=O)CCc4ccc(Cl)cc4)cc3)ccc21.CCC(=O)N1CCc2cc(-c3ccc(C(=O)CCc4cccc(F)c4)cc3)ccc21. The zero-order valence-electron chi connectivity index (χ0n) is 66.4. The van der Waals surface area contributed by atoms with Crippen molar-refractivity contribution >= 4 is 81.1 Å². The normalized spacial score (nSPS) is 14.0. The summed E-state index contributed by atoms with van der Waals surface area (Å²) in [5.41, 5.74) is 23.4. The second-order valence-corrected chi connectivity index (χ2v) is 30.4. The monoisotopic (exact) mass is 1570 g/mol. The Hall–Kier alpha value is -11.9. The number of rotatable bonds is 23. The van der Waals surface area contributed by atoms with Crippen LogP contribution in [-0.4, -0.2) is 90.6 Å². The van der Waals surface area contributed by atoms with Gasteiger partial charge in [-0.05, 0) is 227 Å². The van der Waals surface area contributed by atoms with Gasteiger partial charge in [0, 0.05) is 147 Å². The number of Topliss-reactive ketones (excluding diaryl/α,β-unsaturated/α-hetero) is 4. The number of anilines is 4. The lowest BCUT2D eigenvalue weighted by molar-refractivity contribution is -0.119. The number of carbonyl (C=O) groups excluding carboxylic acids is 8. The van der Waals surface area contributed by atoms with Crippen molar-refractivity contribution in [2.24, 2.45) is 0 Å². The van der Waals surface area contributed by atoms with E-state index in [9.17, 15) is 42.7 Å². The summed E-state index contributed by atoms with van der Waals surface area (Å²) in [5, 5.41) is 0.705. The zero-order chi connectivity index (χ0) is 81.2. The number of ketones is 4. The topological polar surface area (TPSA) is 172 Å².